The summed E-state index contributed by atoms with van der Waals surface area (Å²) < 4.78 is 80.0. The third-order valence-corrected chi connectivity index (χ3v) is 6.68. The lowest BCUT2D eigenvalue weighted by molar-refractivity contribution is -0.137. The van der Waals surface area contributed by atoms with Crippen LogP contribution in [0.25, 0.3) is 10.4 Å². The third-order valence-electron chi connectivity index (χ3n) is 5.59. The molecule has 2 heterocycles. The molecule has 0 aromatic carbocycles. The summed E-state index contributed by atoms with van der Waals surface area (Å²) in [6.07, 6.45) is -7.12. The van der Waals surface area contributed by atoms with Crippen molar-refractivity contribution < 1.29 is 41.0 Å². The SMILES string of the molecule is CCCC(CC)N(C)C(=O)c1nc(C(=O)NCC(C)(C)O)sc1-c1cnc(NCC(F)(F)F)cc1C(F)(F)F. The summed E-state index contributed by atoms with van der Waals surface area (Å²) in [5.74, 6) is -2.22. The molecule has 2 rings (SSSR count). The molecule has 3 N–H and O–H groups in total. The fourth-order valence-electron chi connectivity index (χ4n) is 3.61. The van der Waals surface area contributed by atoms with Crippen molar-refractivity contribution in [2.45, 2.75) is 71.0 Å². The van der Waals surface area contributed by atoms with E-state index >= 15 is 0 Å². The van der Waals surface area contributed by atoms with Crippen molar-refractivity contribution in [1.29, 1.82) is 0 Å². The van der Waals surface area contributed by atoms with Crippen molar-refractivity contribution in [3.63, 3.8) is 0 Å². The summed E-state index contributed by atoms with van der Waals surface area (Å²) in [4.78, 5) is 35.0. The molecule has 0 saturated carbocycles. The highest BCUT2D eigenvalue weighted by molar-refractivity contribution is 7.17. The molecule has 0 radical (unpaired) electrons. The van der Waals surface area contributed by atoms with Gasteiger partial charge in [-0.05, 0) is 32.8 Å². The Hall–Kier alpha value is -2.94. The van der Waals surface area contributed by atoms with Gasteiger partial charge in [0.25, 0.3) is 11.8 Å². The van der Waals surface area contributed by atoms with Crippen LogP contribution in [-0.2, 0) is 6.18 Å². The fraction of sp³-hybridized carbons (Fsp3) is 0.583. The van der Waals surface area contributed by atoms with Gasteiger partial charge in [-0.1, -0.05) is 20.3 Å². The molecule has 0 aliphatic carbocycles. The Morgan fingerprint density at radius 1 is 1.13 bits per heavy atom. The van der Waals surface area contributed by atoms with Gasteiger partial charge in [0.1, 0.15) is 18.1 Å². The number of aliphatic hydroxyl groups is 1. The fourth-order valence-corrected chi connectivity index (χ4v) is 4.61. The van der Waals surface area contributed by atoms with Crippen molar-refractivity contribution in [1.82, 2.24) is 20.2 Å². The predicted molar refractivity (Wildman–Crippen MR) is 135 cm³/mol. The summed E-state index contributed by atoms with van der Waals surface area (Å²) >= 11 is 0.511. The summed E-state index contributed by atoms with van der Waals surface area (Å²) in [6.45, 7) is 4.81. The standard InChI is InChI=1S/C24H31F6N5O3S/c1-6-8-13(7-2)35(5)21(37)17-18(39-20(34-17)19(36)33-11-22(3,4)38)14-10-31-16(32-12-23(25,26)27)9-15(14)24(28,29)30/h9-10,13,38H,6-8,11-12H2,1-5H3,(H,31,32)(H,33,36). The number of hydrogen-bond donors (Lipinski definition) is 3. The third kappa shape index (κ3) is 9.05. The molecule has 15 heteroatoms. The van der Waals surface area contributed by atoms with E-state index in [-0.39, 0.29) is 22.5 Å². The quantitative estimate of drug-likeness (QED) is 0.308. The number of amides is 2. The first-order chi connectivity index (χ1) is 17.9. The highest BCUT2D eigenvalue weighted by atomic mass is 32.1. The number of carbonyl (C=O) groups is 2. The number of carbonyl (C=O) groups excluding carboxylic acids is 2. The van der Waals surface area contributed by atoms with Crippen LogP contribution in [0.4, 0.5) is 32.2 Å². The molecule has 0 spiro atoms. The number of aromatic nitrogens is 2. The van der Waals surface area contributed by atoms with Crippen molar-refractivity contribution >= 4 is 29.0 Å². The summed E-state index contributed by atoms with van der Waals surface area (Å²) in [6, 6.07) is 0.164. The van der Waals surface area contributed by atoms with Crippen LogP contribution < -0.4 is 10.6 Å². The van der Waals surface area contributed by atoms with Gasteiger partial charge < -0.3 is 20.6 Å². The number of nitrogens with one attached hydrogen (secondary N) is 2. The van der Waals surface area contributed by atoms with Crippen LogP contribution in [-0.4, -0.2) is 69.7 Å². The Bertz CT molecular complexity index is 1160. The van der Waals surface area contributed by atoms with E-state index in [9.17, 15) is 41.0 Å². The number of alkyl halides is 6. The normalized spacial score (nSPS) is 13.2. The van der Waals surface area contributed by atoms with Gasteiger partial charge in [0, 0.05) is 31.4 Å². The Morgan fingerprint density at radius 2 is 1.77 bits per heavy atom. The zero-order valence-electron chi connectivity index (χ0n) is 22.0. The molecule has 2 amide bonds. The Labute approximate surface area is 225 Å². The monoisotopic (exact) mass is 583 g/mol. The van der Waals surface area contributed by atoms with Crippen LogP contribution in [0.5, 0.6) is 0 Å². The molecule has 0 saturated heterocycles. The minimum atomic E-state index is -5.04. The topological polar surface area (TPSA) is 107 Å². The Balaban J connectivity index is 2.67. The predicted octanol–water partition coefficient (Wildman–Crippen LogP) is 5.35. The van der Waals surface area contributed by atoms with Crippen LogP contribution in [0, 0.1) is 0 Å². The zero-order valence-corrected chi connectivity index (χ0v) is 22.9. The number of nitrogens with zero attached hydrogens (tertiary/aromatic N) is 3. The van der Waals surface area contributed by atoms with E-state index < -0.39 is 59.0 Å². The molecular formula is C24H31F6N5O3S. The van der Waals surface area contributed by atoms with Crippen molar-refractivity contribution in [3.8, 4) is 10.4 Å². The van der Waals surface area contributed by atoms with E-state index in [1.54, 1.807) is 0 Å². The van der Waals surface area contributed by atoms with Gasteiger partial charge in [-0.15, -0.1) is 11.3 Å². The minimum absolute atomic E-state index is 0.201. The van der Waals surface area contributed by atoms with Gasteiger partial charge in [-0.3, -0.25) is 9.59 Å². The van der Waals surface area contributed by atoms with Gasteiger partial charge in [0.15, 0.2) is 5.01 Å². The highest BCUT2D eigenvalue weighted by Crippen LogP contribution is 2.41. The molecule has 1 atom stereocenters. The molecule has 0 aliphatic heterocycles. The smallest absolute Gasteiger partial charge is 0.389 e. The molecule has 0 fully saturated rings. The number of halogens is 6. The molecule has 39 heavy (non-hydrogen) atoms. The van der Waals surface area contributed by atoms with Gasteiger partial charge in [-0.25, -0.2) is 9.97 Å². The second-order valence-electron chi connectivity index (χ2n) is 9.54. The molecule has 218 valence electrons. The lowest BCUT2D eigenvalue weighted by Gasteiger charge is -2.27. The Morgan fingerprint density at radius 3 is 2.28 bits per heavy atom. The lowest BCUT2D eigenvalue weighted by Crippen LogP contribution is -2.38. The van der Waals surface area contributed by atoms with Crippen LogP contribution >= 0.6 is 11.3 Å². The second-order valence-corrected chi connectivity index (χ2v) is 10.5. The molecule has 1 unspecified atom stereocenters. The van der Waals surface area contributed by atoms with Crippen molar-refractivity contribution in [2.75, 3.05) is 25.5 Å². The summed E-state index contributed by atoms with van der Waals surface area (Å²) in [7, 11) is 1.48. The van der Waals surface area contributed by atoms with Gasteiger partial charge in [0.2, 0.25) is 0 Å². The average molecular weight is 584 g/mol. The average Bonchev–Trinajstić information content (AvgIpc) is 3.27. The first-order valence-corrected chi connectivity index (χ1v) is 12.9. The maximum atomic E-state index is 14.1. The van der Waals surface area contributed by atoms with E-state index in [0.29, 0.717) is 36.4 Å². The number of rotatable bonds is 11. The lowest BCUT2D eigenvalue weighted by atomic mass is 10.0. The van der Waals surface area contributed by atoms with Gasteiger partial charge in [0.05, 0.1) is 16.0 Å². The number of pyridine rings is 1. The van der Waals surface area contributed by atoms with Crippen LogP contribution in [0.2, 0.25) is 0 Å². The van der Waals surface area contributed by atoms with Crippen molar-refractivity contribution in [3.05, 3.63) is 28.5 Å². The van der Waals surface area contributed by atoms with Crippen LogP contribution in [0.15, 0.2) is 12.3 Å². The van der Waals surface area contributed by atoms with Gasteiger partial charge in [-0.2, -0.15) is 26.3 Å². The highest BCUT2D eigenvalue weighted by Gasteiger charge is 2.38. The minimum Gasteiger partial charge on any atom is -0.389 e. The zero-order chi connectivity index (χ0) is 29.8. The second kappa shape index (κ2) is 12.5. The number of anilines is 1. The molecule has 0 aliphatic rings. The van der Waals surface area contributed by atoms with E-state index in [2.05, 4.69) is 15.3 Å². The van der Waals surface area contributed by atoms with E-state index in [1.165, 1.54) is 25.8 Å². The molecule has 2 aromatic rings. The van der Waals surface area contributed by atoms with E-state index in [1.807, 2.05) is 19.2 Å². The molecule has 8 nitrogen and oxygen atoms in total. The molecule has 0 bridgehead atoms. The largest absolute Gasteiger partial charge is 0.417 e. The number of thiazole rings is 1. The summed E-state index contributed by atoms with van der Waals surface area (Å²) in [5, 5.41) is 13.8. The molecular weight excluding hydrogens is 552 g/mol. The van der Waals surface area contributed by atoms with Gasteiger partial charge >= 0.3 is 12.4 Å². The Kier molecular flexibility index (Phi) is 10.3. The van der Waals surface area contributed by atoms with Crippen molar-refractivity contribution in [2.24, 2.45) is 0 Å². The summed E-state index contributed by atoms with van der Waals surface area (Å²) in [5.41, 5.74) is -3.69. The first kappa shape index (κ1) is 32.3. The van der Waals surface area contributed by atoms with E-state index in [4.69, 9.17) is 0 Å². The maximum absolute atomic E-state index is 14.1. The maximum Gasteiger partial charge on any atom is 0.417 e. The van der Waals surface area contributed by atoms with Crippen LogP contribution in [0.1, 0.15) is 72.8 Å². The molecule has 2 aromatic heterocycles. The van der Waals surface area contributed by atoms with Crippen LogP contribution in [0.3, 0.4) is 0 Å². The van der Waals surface area contributed by atoms with E-state index in [0.717, 1.165) is 6.42 Å². The number of hydrogen-bond acceptors (Lipinski definition) is 7. The first-order valence-electron chi connectivity index (χ1n) is 12.0.